The van der Waals surface area contributed by atoms with Gasteiger partial charge in [0.2, 0.25) is 0 Å². The average Bonchev–Trinajstić information content (AvgIpc) is 2.82. The van der Waals surface area contributed by atoms with Crippen molar-refractivity contribution in [2.75, 3.05) is 21.3 Å². The van der Waals surface area contributed by atoms with E-state index >= 15 is 0 Å². The van der Waals surface area contributed by atoms with Crippen LogP contribution in [0.1, 0.15) is 36.0 Å². The molecule has 7 nitrogen and oxygen atoms in total. The molecular formula is C23H25NO6. The van der Waals surface area contributed by atoms with Crippen LogP contribution in [0.2, 0.25) is 0 Å². The van der Waals surface area contributed by atoms with Crippen LogP contribution in [0.4, 0.5) is 0 Å². The van der Waals surface area contributed by atoms with Crippen LogP contribution in [0.5, 0.6) is 5.75 Å². The average molecular weight is 411 g/mol. The Hall–Kier alpha value is -3.35. The second kappa shape index (κ2) is 9.91. The zero-order chi connectivity index (χ0) is 21.5. The highest BCUT2D eigenvalue weighted by molar-refractivity contribution is 6.02. The molecule has 0 spiro atoms. The van der Waals surface area contributed by atoms with Crippen LogP contribution in [0, 0.1) is 5.92 Å². The van der Waals surface area contributed by atoms with Crippen LogP contribution in [-0.4, -0.2) is 39.0 Å². The van der Waals surface area contributed by atoms with Gasteiger partial charge in [-0.2, -0.15) is 0 Å². The predicted molar refractivity (Wildman–Crippen MR) is 110 cm³/mol. The lowest BCUT2D eigenvalue weighted by Crippen LogP contribution is -2.32. The first-order chi connectivity index (χ1) is 14.6. The molecule has 158 valence electrons. The minimum atomic E-state index is -1.10. The number of benzene rings is 2. The molecule has 30 heavy (non-hydrogen) atoms. The van der Waals surface area contributed by atoms with Crippen molar-refractivity contribution >= 4 is 17.7 Å². The Labute approximate surface area is 175 Å². The lowest BCUT2D eigenvalue weighted by atomic mass is 9.82. The Morgan fingerprint density at radius 1 is 0.967 bits per heavy atom. The Morgan fingerprint density at radius 2 is 1.60 bits per heavy atom. The van der Waals surface area contributed by atoms with E-state index in [9.17, 15) is 9.59 Å². The van der Waals surface area contributed by atoms with Crippen LogP contribution in [-0.2, 0) is 23.9 Å². The monoisotopic (exact) mass is 411 g/mol. The van der Waals surface area contributed by atoms with Crippen molar-refractivity contribution in [3.05, 3.63) is 65.7 Å². The Morgan fingerprint density at radius 3 is 2.17 bits per heavy atom. The standard InChI is InChI=1S/C23H25NO6/c1-27-17-11-9-15(10-12-17)18-14-21(16-7-5-4-6-8-16)30-24-20(18)13-19(22(25)28-2)23(26)29-3/h4-12,18-19,21H,13-14H2,1-3H3/t18-,21?/m0/s1. The predicted octanol–water partition coefficient (Wildman–Crippen LogP) is 3.65. The van der Waals surface area contributed by atoms with Gasteiger partial charge < -0.3 is 19.0 Å². The van der Waals surface area contributed by atoms with Crippen LogP contribution >= 0.6 is 0 Å². The van der Waals surface area contributed by atoms with E-state index in [1.54, 1.807) is 7.11 Å². The largest absolute Gasteiger partial charge is 0.497 e. The molecule has 0 amide bonds. The topological polar surface area (TPSA) is 83.4 Å². The van der Waals surface area contributed by atoms with Crippen LogP contribution < -0.4 is 4.74 Å². The minimum Gasteiger partial charge on any atom is -0.497 e. The van der Waals surface area contributed by atoms with Gasteiger partial charge in [-0.25, -0.2) is 0 Å². The van der Waals surface area contributed by atoms with Crippen LogP contribution in [0.3, 0.4) is 0 Å². The highest BCUT2D eigenvalue weighted by atomic mass is 16.6. The van der Waals surface area contributed by atoms with E-state index in [4.69, 9.17) is 19.0 Å². The van der Waals surface area contributed by atoms with E-state index in [2.05, 4.69) is 5.16 Å². The molecular weight excluding hydrogens is 386 g/mol. The maximum atomic E-state index is 12.2. The molecule has 0 bridgehead atoms. The van der Waals surface area contributed by atoms with Crippen LogP contribution in [0.25, 0.3) is 0 Å². The first-order valence-electron chi connectivity index (χ1n) is 9.64. The molecule has 0 aliphatic carbocycles. The minimum absolute atomic E-state index is 0.0531. The van der Waals surface area contributed by atoms with E-state index in [1.807, 2.05) is 54.6 Å². The molecule has 0 aromatic heterocycles. The maximum absolute atomic E-state index is 12.2. The summed E-state index contributed by atoms with van der Waals surface area (Å²) in [6.45, 7) is 0. The highest BCUT2D eigenvalue weighted by Crippen LogP contribution is 2.38. The van der Waals surface area contributed by atoms with Gasteiger partial charge in [-0.1, -0.05) is 47.6 Å². The maximum Gasteiger partial charge on any atom is 0.320 e. The number of hydrogen-bond acceptors (Lipinski definition) is 7. The molecule has 7 heteroatoms. The number of hydrogen-bond donors (Lipinski definition) is 0. The van der Waals surface area contributed by atoms with Gasteiger partial charge in [0.25, 0.3) is 0 Å². The summed E-state index contributed by atoms with van der Waals surface area (Å²) in [4.78, 5) is 30.1. The molecule has 3 rings (SSSR count). The fourth-order valence-corrected chi connectivity index (χ4v) is 3.55. The van der Waals surface area contributed by atoms with Crippen LogP contribution in [0.15, 0.2) is 59.8 Å². The molecule has 1 aliphatic heterocycles. The van der Waals surface area contributed by atoms with Gasteiger partial charge >= 0.3 is 11.9 Å². The number of nitrogens with zero attached hydrogens (tertiary/aromatic N) is 1. The zero-order valence-electron chi connectivity index (χ0n) is 17.2. The molecule has 0 N–H and O–H groups in total. The molecule has 2 aromatic carbocycles. The smallest absolute Gasteiger partial charge is 0.320 e. The van der Waals surface area contributed by atoms with Gasteiger partial charge in [-0.15, -0.1) is 0 Å². The quantitative estimate of drug-likeness (QED) is 0.511. The summed E-state index contributed by atoms with van der Waals surface area (Å²) in [5.41, 5.74) is 2.59. The van der Waals surface area contributed by atoms with Gasteiger partial charge in [0.1, 0.15) is 5.75 Å². The summed E-state index contributed by atoms with van der Waals surface area (Å²) in [6.07, 6.45) is 0.429. The lowest BCUT2D eigenvalue weighted by molar-refractivity contribution is -0.158. The van der Waals surface area contributed by atoms with E-state index in [1.165, 1.54) is 14.2 Å². The van der Waals surface area contributed by atoms with Gasteiger partial charge in [0, 0.05) is 18.8 Å². The SMILES string of the molecule is COC(=O)C(CC1=NOC(c2ccccc2)C[C@H]1c1ccc(OC)cc1)C(=O)OC. The summed E-state index contributed by atoms with van der Waals surface area (Å²) >= 11 is 0. The van der Waals surface area contributed by atoms with Crippen molar-refractivity contribution in [2.24, 2.45) is 11.1 Å². The number of rotatable bonds is 7. The Bertz CT molecular complexity index is 878. The molecule has 0 saturated carbocycles. The second-order valence-corrected chi connectivity index (χ2v) is 6.95. The normalized spacial score (nSPS) is 18.2. The molecule has 2 aromatic rings. The van der Waals surface area contributed by atoms with Gasteiger partial charge in [0.15, 0.2) is 12.0 Å². The Kier molecular flexibility index (Phi) is 7.06. The van der Waals surface area contributed by atoms with E-state index < -0.39 is 17.9 Å². The van der Waals surface area contributed by atoms with Gasteiger partial charge in [-0.05, 0) is 23.3 Å². The molecule has 2 atom stereocenters. The van der Waals surface area contributed by atoms with E-state index in [0.29, 0.717) is 12.1 Å². The lowest BCUT2D eigenvalue weighted by Gasteiger charge is -2.30. The molecule has 1 unspecified atom stereocenters. The molecule has 0 radical (unpaired) electrons. The van der Waals surface area contributed by atoms with E-state index in [-0.39, 0.29) is 18.4 Å². The van der Waals surface area contributed by atoms with Crippen molar-refractivity contribution in [1.29, 1.82) is 0 Å². The first-order valence-corrected chi connectivity index (χ1v) is 9.64. The number of ether oxygens (including phenoxy) is 3. The fourth-order valence-electron chi connectivity index (χ4n) is 3.55. The van der Waals surface area contributed by atoms with E-state index in [0.717, 1.165) is 16.9 Å². The summed E-state index contributed by atoms with van der Waals surface area (Å²) in [5, 5.41) is 4.33. The summed E-state index contributed by atoms with van der Waals surface area (Å²) in [5.74, 6) is -1.83. The van der Waals surface area contributed by atoms with Crippen molar-refractivity contribution < 1.29 is 28.6 Å². The summed E-state index contributed by atoms with van der Waals surface area (Å²) < 4.78 is 14.8. The Balaban J connectivity index is 1.93. The van der Waals surface area contributed by atoms with Gasteiger partial charge in [-0.3, -0.25) is 9.59 Å². The summed E-state index contributed by atoms with van der Waals surface area (Å²) in [6, 6.07) is 17.5. The number of carbonyl (C=O) groups is 2. The van der Waals surface area contributed by atoms with Crippen molar-refractivity contribution in [1.82, 2.24) is 0 Å². The third-order valence-corrected chi connectivity index (χ3v) is 5.22. The number of oxime groups is 1. The molecule has 0 fully saturated rings. The highest BCUT2D eigenvalue weighted by Gasteiger charge is 2.36. The number of carbonyl (C=O) groups excluding carboxylic acids is 2. The molecule has 1 heterocycles. The first kappa shape index (κ1) is 21.4. The third kappa shape index (κ3) is 4.79. The van der Waals surface area contributed by atoms with Crippen molar-refractivity contribution in [2.45, 2.75) is 24.9 Å². The number of esters is 2. The molecule has 1 aliphatic rings. The summed E-state index contributed by atoms with van der Waals surface area (Å²) in [7, 11) is 4.09. The van der Waals surface area contributed by atoms with Crippen molar-refractivity contribution in [3.8, 4) is 5.75 Å². The zero-order valence-corrected chi connectivity index (χ0v) is 17.2. The number of methoxy groups -OCH3 is 3. The molecule has 0 saturated heterocycles. The van der Waals surface area contributed by atoms with Gasteiger partial charge in [0.05, 0.1) is 27.0 Å². The van der Waals surface area contributed by atoms with Crippen molar-refractivity contribution in [3.63, 3.8) is 0 Å². The fraction of sp³-hybridized carbons (Fsp3) is 0.348. The second-order valence-electron chi connectivity index (χ2n) is 6.95. The third-order valence-electron chi connectivity index (χ3n) is 5.22.